The summed E-state index contributed by atoms with van der Waals surface area (Å²) in [6.45, 7) is 9.42. The molecule has 1 saturated carbocycles. The number of hydrogen-bond donors (Lipinski definition) is 0. The van der Waals surface area contributed by atoms with E-state index in [2.05, 4.69) is 5.16 Å². The molecule has 136 valence electrons. The molecule has 1 aliphatic rings. The van der Waals surface area contributed by atoms with Gasteiger partial charge in [-0.15, -0.1) is 0 Å². The number of fused-ring (bicyclic) bond motifs is 1. The number of carbonyl (C=O) groups excluding carboxylic acids is 1. The highest BCUT2D eigenvalue weighted by atomic mass is 16.6. The van der Waals surface area contributed by atoms with Crippen molar-refractivity contribution in [2.45, 2.75) is 59.0 Å². The maximum Gasteiger partial charge on any atom is 0.420 e. The average molecular weight is 353 g/mol. The zero-order valence-corrected chi connectivity index (χ0v) is 15.8. The van der Waals surface area contributed by atoms with Crippen molar-refractivity contribution in [1.29, 1.82) is 0 Å². The third-order valence-corrected chi connectivity index (χ3v) is 4.52. The zero-order chi connectivity index (χ0) is 18.6. The Morgan fingerprint density at radius 3 is 2.58 bits per heavy atom. The molecule has 0 radical (unpaired) electrons. The highest BCUT2D eigenvalue weighted by Crippen LogP contribution is 2.41. The van der Waals surface area contributed by atoms with Gasteiger partial charge in [-0.2, -0.15) is 0 Å². The van der Waals surface area contributed by atoms with Gasteiger partial charge in [-0.25, -0.2) is 14.3 Å². The topological polar surface area (TPSA) is 70.2 Å². The smallest absolute Gasteiger partial charge is 0.420 e. The molecule has 3 aromatic rings. The first kappa shape index (κ1) is 16.8. The van der Waals surface area contributed by atoms with Crippen LogP contribution in [0.4, 0.5) is 4.79 Å². The molecule has 0 amide bonds. The van der Waals surface area contributed by atoms with Gasteiger partial charge in [0.25, 0.3) is 0 Å². The third kappa shape index (κ3) is 2.89. The lowest BCUT2D eigenvalue weighted by molar-refractivity contribution is 0.0539. The molecule has 0 aliphatic heterocycles. The monoisotopic (exact) mass is 353 g/mol. The van der Waals surface area contributed by atoms with Gasteiger partial charge < -0.3 is 9.26 Å². The largest absolute Gasteiger partial charge is 0.443 e. The maximum atomic E-state index is 12.9. The molecule has 0 N–H and O–H groups in total. The molecule has 0 saturated heterocycles. The van der Waals surface area contributed by atoms with Crippen molar-refractivity contribution < 1.29 is 14.1 Å². The number of aromatic nitrogens is 3. The summed E-state index contributed by atoms with van der Waals surface area (Å²) in [4.78, 5) is 17.6. The summed E-state index contributed by atoms with van der Waals surface area (Å²) >= 11 is 0. The first-order valence-corrected chi connectivity index (χ1v) is 8.93. The standard InChI is InChI=1S/C20H23N3O3/c1-11-17(12(2)26-22-11)14-8-9-15-16(10-14)23(18(21-15)13-6-7-13)19(24)25-20(3,4)5/h8-10,13H,6-7H2,1-5H3. The molecule has 0 unspecified atom stereocenters. The molecule has 0 bridgehead atoms. The van der Waals surface area contributed by atoms with Crippen molar-refractivity contribution >= 4 is 17.1 Å². The Morgan fingerprint density at radius 2 is 2.00 bits per heavy atom. The second-order valence-corrected chi connectivity index (χ2v) is 7.96. The Morgan fingerprint density at radius 1 is 1.27 bits per heavy atom. The molecule has 2 heterocycles. The van der Waals surface area contributed by atoms with E-state index in [-0.39, 0.29) is 6.09 Å². The number of nitrogens with zero attached hydrogens (tertiary/aromatic N) is 3. The summed E-state index contributed by atoms with van der Waals surface area (Å²) in [6.07, 6.45) is 1.74. The van der Waals surface area contributed by atoms with Gasteiger partial charge in [0.1, 0.15) is 17.2 Å². The Kier molecular flexibility index (Phi) is 3.68. The van der Waals surface area contributed by atoms with Crippen molar-refractivity contribution in [3.8, 4) is 11.1 Å². The lowest BCUT2D eigenvalue weighted by Crippen LogP contribution is -2.28. The van der Waals surface area contributed by atoms with Crippen LogP contribution in [0.15, 0.2) is 22.7 Å². The van der Waals surface area contributed by atoms with E-state index >= 15 is 0 Å². The predicted octanol–water partition coefficient (Wildman–Crippen LogP) is 4.97. The minimum atomic E-state index is -0.562. The SMILES string of the molecule is Cc1noc(C)c1-c1ccc2nc(C3CC3)n(C(=O)OC(C)(C)C)c2c1. The Bertz CT molecular complexity index is 984. The van der Waals surface area contributed by atoms with Crippen LogP contribution in [0, 0.1) is 13.8 Å². The normalized spacial score (nSPS) is 14.8. The fourth-order valence-corrected chi connectivity index (χ4v) is 3.26. The van der Waals surface area contributed by atoms with Gasteiger partial charge in [-0.1, -0.05) is 11.2 Å². The molecular weight excluding hydrogens is 330 g/mol. The van der Waals surface area contributed by atoms with E-state index in [4.69, 9.17) is 14.2 Å². The van der Waals surface area contributed by atoms with E-state index in [0.717, 1.165) is 52.3 Å². The number of hydrogen-bond acceptors (Lipinski definition) is 5. The fraction of sp³-hybridized carbons (Fsp3) is 0.450. The van der Waals surface area contributed by atoms with E-state index < -0.39 is 5.60 Å². The number of aryl methyl sites for hydroxylation is 2. The van der Waals surface area contributed by atoms with Crippen LogP contribution in [0.25, 0.3) is 22.2 Å². The van der Waals surface area contributed by atoms with Gasteiger partial charge >= 0.3 is 6.09 Å². The number of carbonyl (C=O) groups is 1. The first-order valence-electron chi connectivity index (χ1n) is 8.93. The van der Waals surface area contributed by atoms with Crippen LogP contribution < -0.4 is 0 Å². The molecule has 6 heteroatoms. The zero-order valence-electron chi connectivity index (χ0n) is 15.8. The molecule has 0 spiro atoms. The van der Waals surface area contributed by atoms with Gasteiger partial charge in [0, 0.05) is 11.5 Å². The Labute approximate surface area is 152 Å². The van der Waals surface area contributed by atoms with Crippen LogP contribution >= 0.6 is 0 Å². The lowest BCUT2D eigenvalue weighted by atomic mass is 10.0. The summed E-state index contributed by atoms with van der Waals surface area (Å²) in [7, 11) is 0. The van der Waals surface area contributed by atoms with E-state index in [1.54, 1.807) is 4.57 Å². The number of benzene rings is 1. The minimum Gasteiger partial charge on any atom is -0.443 e. The van der Waals surface area contributed by atoms with E-state index in [1.807, 2.05) is 52.8 Å². The van der Waals surface area contributed by atoms with Gasteiger partial charge in [0.05, 0.1) is 16.7 Å². The molecule has 0 atom stereocenters. The van der Waals surface area contributed by atoms with Gasteiger partial charge in [-0.3, -0.25) is 0 Å². The van der Waals surface area contributed by atoms with Gasteiger partial charge in [0.15, 0.2) is 0 Å². The number of imidazole rings is 1. The van der Waals surface area contributed by atoms with Crippen molar-refractivity contribution in [2.75, 3.05) is 0 Å². The van der Waals surface area contributed by atoms with Crippen LogP contribution in [-0.2, 0) is 4.74 Å². The van der Waals surface area contributed by atoms with Crippen LogP contribution in [0.2, 0.25) is 0 Å². The molecule has 26 heavy (non-hydrogen) atoms. The van der Waals surface area contributed by atoms with Crippen LogP contribution in [0.5, 0.6) is 0 Å². The average Bonchev–Trinajstić information content (AvgIpc) is 3.23. The van der Waals surface area contributed by atoms with Crippen LogP contribution in [0.3, 0.4) is 0 Å². The molecular formula is C20H23N3O3. The van der Waals surface area contributed by atoms with E-state index in [1.165, 1.54) is 0 Å². The van der Waals surface area contributed by atoms with E-state index in [0.29, 0.717) is 5.92 Å². The highest BCUT2D eigenvalue weighted by Gasteiger charge is 2.33. The highest BCUT2D eigenvalue weighted by molar-refractivity contribution is 5.91. The summed E-state index contributed by atoms with van der Waals surface area (Å²) in [5.41, 5.74) is 3.74. The molecule has 6 nitrogen and oxygen atoms in total. The Hall–Kier alpha value is -2.63. The van der Waals surface area contributed by atoms with Crippen LogP contribution in [0.1, 0.15) is 56.8 Å². The second-order valence-electron chi connectivity index (χ2n) is 7.96. The third-order valence-electron chi connectivity index (χ3n) is 4.52. The molecule has 2 aromatic heterocycles. The van der Waals surface area contributed by atoms with Crippen molar-refractivity contribution in [3.05, 3.63) is 35.5 Å². The molecule has 1 aromatic carbocycles. The second kappa shape index (κ2) is 5.69. The molecule has 4 rings (SSSR count). The summed E-state index contributed by atoms with van der Waals surface area (Å²) in [5.74, 6) is 1.88. The predicted molar refractivity (Wildman–Crippen MR) is 98.3 cm³/mol. The lowest BCUT2D eigenvalue weighted by Gasteiger charge is -2.20. The first-order chi connectivity index (χ1) is 12.2. The number of rotatable bonds is 2. The number of ether oxygens (including phenoxy) is 1. The summed E-state index contributed by atoms with van der Waals surface area (Å²) in [5, 5.41) is 4.03. The van der Waals surface area contributed by atoms with Gasteiger partial charge in [0.2, 0.25) is 0 Å². The maximum absolute atomic E-state index is 12.9. The van der Waals surface area contributed by atoms with Gasteiger partial charge in [-0.05, 0) is 65.2 Å². The van der Waals surface area contributed by atoms with E-state index in [9.17, 15) is 4.79 Å². The Balaban J connectivity index is 1.89. The quantitative estimate of drug-likeness (QED) is 0.650. The van der Waals surface area contributed by atoms with Crippen molar-refractivity contribution in [2.24, 2.45) is 0 Å². The molecule has 1 fully saturated rings. The fourth-order valence-electron chi connectivity index (χ4n) is 3.26. The van der Waals surface area contributed by atoms with Crippen molar-refractivity contribution in [1.82, 2.24) is 14.7 Å². The molecule has 1 aliphatic carbocycles. The summed E-state index contributed by atoms with van der Waals surface area (Å²) < 4.78 is 12.6. The van der Waals surface area contributed by atoms with Crippen molar-refractivity contribution in [3.63, 3.8) is 0 Å². The van der Waals surface area contributed by atoms with Crippen LogP contribution in [-0.4, -0.2) is 26.4 Å². The minimum absolute atomic E-state index is 0.331. The summed E-state index contributed by atoms with van der Waals surface area (Å²) in [6, 6.07) is 5.92.